The highest BCUT2D eigenvalue weighted by atomic mass is 16.3. The van der Waals surface area contributed by atoms with Gasteiger partial charge in [0.15, 0.2) is 0 Å². The van der Waals surface area contributed by atoms with Crippen molar-refractivity contribution in [2.45, 2.75) is 25.0 Å². The Balaban J connectivity index is 2.30. The van der Waals surface area contributed by atoms with Crippen LogP contribution in [-0.2, 0) is 0 Å². The van der Waals surface area contributed by atoms with Gasteiger partial charge in [-0.15, -0.1) is 0 Å². The number of β-amino-alcohol motifs (C(OH)–C–C–N with tert-alkyl or cyclic N) is 1. The van der Waals surface area contributed by atoms with Crippen LogP contribution in [0.15, 0.2) is 0 Å². The zero-order chi connectivity index (χ0) is 8.97. The van der Waals surface area contributed by atoms with Gasteiger partial charge in [0.2, 0.25) is 0 Å². The molecule has 0 radical (unpaired) electrons. The molecule has 1 fully saturated rings. The van der Waals surface area contributed by atoms with Gasteiger partial charge in [-0.2, -0.15) is 0 Å². The predicted octanol–water partition coefficient (Wildman–Crippen LogP) is -1.20. The van der Waals surface area contributed by atoms with Gasteiger partial charge in [0, 0.05) is 25.7 Å². The van der Waals surface area contributed by atoms with E-state index in [2.05, 4.69) is 0 Å². The average molecular weight is 175 g/mol. The molecule has 4 heteroatoms. The third-order valence-corrected chi connectivity index (χ3v) is 2.32. The van der Waals surface area contributed by atoms with Crippen molar-refractivity contribution in [3.63, 3.8) is 0 Å². The van der Waals surface area contributed by atoms with Gasteiger partial charge < -0.3 is 15.3 Å². The van der Waals surface area contributed by atoms with Crippen molar-refractivity contribution in [2.24, 2.45) is 0 Å². The van der Waals surface area contributed by atoms with E-state index in [0.717, 1.165) is 6.54 Å². The summed E-state index contributed by atoms with van der Waals surface area (Å²) in [5.74, 6) is 0. The molecule has 1 saturated heterocycles. The summed E-state index contributed by atoms with van der Waals surface area (Å²) >= 11 is 0. The van der Waals surface area contributed by atoms with Crippen LogP contribution in [0.4, 0.5) is 0 Å². The van der Waals surface area contributed by atoms with E-state index >= 15 is 0 Å². The van der Waals surface area contributed by atoms with Crippen LogP contribution in [0.1, 0.15) is 12.8 Å². The van der Waals surface area contributed by atoms with Crippen molar-refractivity contribution in [1.29, 1.82) is 0 Å². The molecule has 1 aliphatic rings. The summed E-state index contributed by atoms with van der Waals surface area (Å²) in [7, 11) is 0. The summed E-state index contributed by atoms with van der Waals surface area (Å²) in [6, 6.07) is 0.0894. The average Bonchev–Trinajstić information content (AvgIpc) is 2.42. The number of aliphatic hydroxyl groups is 3. The van der Waals surface area contributed by atoms with Crippen molar-refractivity contribution < 1.29 is 15.3 Å². The Bertz CT molecular complexity index is 131. The SMILES string of the molecule is OCCCN1CC(O)CC1CO. The molecular weight excluding hydrogens is 158 g/mol. The quantitative estimate of drug-likeness (QED) is 0.502. The lowest BCUT2D eigenvalue weighted by Crippen LogP contribution is -2.33. The topological polar surface area (TPSA) is 63.9 Å². The Labute approximate surface area is 72.4 Å². The van der Waals surface area contributed by atoms with Crippen LogP contribution in [0.3, 0.4) is 0 Å². The molecule has 0 saturated carbocycles. The molecule has 1 heterocycles. The molecule has 0 aromatic heterocycles. The molecule has 1 rings (SSSR count). The molecule has 3 N–H and O–H groups in total. The molecule has 0 spiro atoms. The highest BCUT2D eigenvalue weighted by Crippen LogP contribution is 2.17. The number of likely N-dealkylation sites (tertiary alicyclic amines) is 1. The van der Waals surface area contributed by atoms with Crippen molar-refractivity contribution in [2.75, 3.05) is 26.3 Å². The summed E-state index contributed by atoms with van der Waals surface area (Å²) in [4.78, 5) is 2.03. The number of hydrogen-bond acceptors (Lipinski definition) is 4. The molecule has 2 unspecified atom stereocenters. The molecule has 0 amide bonds. The second-order valence-corrected chi connectivity index (χ2v) is 3.30. The molecule has 4 nitrogen and oxygen atoms in total. The number of rotatable bonds is 4. The van der Waals surface area contributed by atoms with Crippen LogP contribution >= 0.6 is 0 Å². The fraction of sp³-hybridized carbons (Fsp3) is 1.00. The molecule has 0 aromatic rings. The van der Waals surface area contributed by atoms with E-state index < -0.39 is 0 Å². The van der Waals surface area contributed by atoms with E-state index in [1.807, 2.05) is 4.90 Å². The first-order valence-corrected chi connectivity index (χ1v) is 4.41. The van der Waals surface area contributed by atoms with Gasteiger partial charge in [-0.3, -0.25) is 4.90 Å². The Morgan fingerprint density at radius 3 is 2.67 bits per heavy atom. The maximum absolute atomic E-state index is 9.29. The van der Waals surface area contributed by atoms with Gasteiger partial charge in [-0.1, -0.05) is 0 Å². The minimum absolute atomic E-state index is 0.0894. The van der Waals surface area contributed by atoms with Crippen molar-refractivity contribution >= 4 is 0 Å². The Morgan fingerprint density at radius 1 is 1.33 bits per heavy atom. The molecule has 1 aliphatic heterocycles. The van der Waals surface area contributed by atoms with Crippen LogP contribution < -0.4 is 0 Å². The van der Waals surface area contributed by atoms with E-state index in [0.29, 0.717) is 19.4 Å². The number of nitrogens with zero attached hydrogens (tertiary/aromatic N) is 1. The third kappa shape index (κ3) is 2.42. The standard InChI is InChI=1S/C8H17NO3/c10-3-1-2-9-5-8(12)4-7(9)6-11/h7-8,10-12H,1-6H2. The molecule has 72 valence electrons. The fourth-order valence-electron chi connectivity index (χ4n) is 1.70. The summed E-state index contributed by atoms with van der Waals surface area (Å²) in [6.45, 7) is 1.66. The lowest BCUT2D eigenvalue weighted by atomic mass is 10.2. The van der Waals surface area contributed by atoms with Gasteiger partial charge in [-0.05, 0) is 12.8 Å². The van der Waals surface area contributed by atoms with Gasteiger partial charge in [-0.25, -0.2) is 0 Å². The van der Waals surface area contributed by atoms with E-state index in [9.17, 15) is 5.11 Å². The maximum Gasteiger partial charge on any atom is 0.0683 e. The largest absolute Gasteiger partial charge is 0.396 e. The first-order chi connectivity index (χ1) is 5.77. The van der Waals surface area contributed by atoms with Gasteiger partial charge in [0.05, 0.1) is 12.7 Å². The zero-order valence-corrected chi connectivity index (χ0v) is 7.19. The van der Waals surface area contributed by atoms with Gasteiger partial charge in [0.25, 0.3) is 0 Å². The van der Waals surface area contributed by atoms with Crippen molar-refractivity contribution in [1.82, 2.24) is 4.90 Å². The van der Waals surface area contributed by atoms with Gasteiger partial charge >= 0.3 is 0 Å². The molecule has 2 atom stereocenters. The monoisotopic (exact) mass is 175 g/mol. The van der Waals surface area contributed by atoms with Gasteiger partial charge in [0.1, 0.15) is 0 Å². The normalized spacial score (nSPS) is 31.2. The lowest BCUT2D eigenvalue weighted by Gasteiger charge is -2.21. The lowest BCUT2D eigenvalue weighted by molar-refractivity contribution is 0.145. The second kappa shape index (κ2) is 4.77. The van der Waals surface area contributed by atoms with Crippen molar-refractivity contribution in [3.8, 4) is 0 Å². The Kier molecular flexibility index (Phi) is 3.94. The van der Waals surface area contributed by atoms with E-state index in [1.165, 1.54) is 0 Å². The summed E-state index contributed by atoms with van der Waals surface area (Å²) in [5.41, 5.74) is 0. The van der Waals surface area contributed by atoms with Crippen LogP contribution in [0.25, 0.3) is 0 Å². The fourth-order valence-corrected chi connectivity index (χ4v) is 1.70. The molecule has 12 heavy (non-hydrogen) atoms. The van der Waals surface area contributed by atoms with E-state index in [4.69, 9.17) is 10.2 Å². The maximum atomic E-state index is 9.29. The predicted molar refractivity (Wildman–Crippen MR) is 44.8 cm³/mol. The first kappa shape index (κ1) is 9.92. The minimum atomic E-state index is -0.305. The highest BCUT2D eigenvalue weighted by molar-refractivity contribution is 4.84. The van der Waals surface area contributed by atoms with Crippen LogP contribution in [0, 0.1) is 0 Å². The third-order valence-electron chi connectivity index (χ3n) is 2.32. The summed E-state index contributed by atoms with van der Waals surface area (Å²) < 4.78 is 0. The number of aliphatic hydroxyl groups excluding tert-OH is 3. The zero-order valence-electron chi connectivity index (χ0n) is 7.19. The molecule has 0 aromatic carbocycles. The minimum Gasteiger partial charge on any atom is -0.396 e. The van der Waals surface area contributed by atoms with Crippen molar-refractivity contribution in [3.05, 3.63) is 0 Å². The summed E-state index contributed by atoms with van der Waals surface area (Å²) in [6.07, 6.45) is 1.06. The molecular formula is C8H17NO3. The Morgan fingerprint density at radius 2 is 2.08 bits per heavy atom. The number of hydrogen-bond donors (Lipinski definition) is 3. The first-order valence-electron chi connectivity index (χ1n) is 4.41. The summed E-state index contributed by atoms with van der Waals surface area (Å²) in [5, 5.41) is 26.8. The van der Waals surface area contributed by atoms with E-state index in [1.54, 1.807) is 0 Å². The second-order valence-electron chi connectivity index (χ2n) is 3.30. The van der Waals surface area contributed by atoms with E-state index in [-0.39, 0.29) is 25.4 Å². The van der Waals surface area contributed by atoms with Crippen LogP contribution in [0.2, 0.25) is 0 Å². The molecule has 0 aliphatic carbocycles. The van der Waals surface area contributed by atoms with Crippen LogP contribution in [-0.4, -0.2) is 58.7 Å². The Hall–Kier alpha value is -0.160. The van der Waals surface area contributed by atoms with Crippen LogP contribution in [0.5, 0.6) is 0 Å². The molecule has 0 bridgehead atoms. The highest BCUT2D eigenvalue weighted by Gasteiger charge is 2.29. The smallest absolute Gasteiger partial charge is 0.0683 e.